The van der Waals surface area contributed by atoms with Crippen LogP contribution in [0.5, 0.6) is 0 Å². The topological polar surface area (TPSA) is 95.5 Å². The van der Waals surface area contributed by atoms with Crippen molar-refractivity contribution < 1.29 is 18.3 Å². The molecule has 0 spiro atoms. The number of carbonyl (C=O) groups is 1. The molecule has 0 aromatic heterocycles. The third kappa shape index (κ3) is 5.44. The summed E-state index contributed by atoms with van der Waals surface area (Å²) < 4.78 is 27.4. The summed E-state index contributed by atoms with van der Waals surface area (Å²) in [6.45, 7) is 4.26. The highest BCUT2D eigenvalue weighted by Gasteiger charge is 2.18. The highest BCUT2D eigenvalue weighted by atomic mass is 32.2. The van der Waals surface area contributed by atoms with Gasteiger partial charge in [-0.2, -0.15) is 0 Å². The summed E-state index contributed by atoms with van der Waals surface area (Å²) in [6, 6.07) is 4.04. The van der Waals surface area contributed by atoms with Gasteiger partial charge in [0.05, 0.1) is 10.5 Å². The van der Waals surface area contributed by atoms with E-state index in [9.17, 15) is 18.3 Å². The van der Waals surface area contributed by atoms with E-state index < -0.39 is 16.0 Å². The molecule has 1 aromatic carbocycles. The molecule has 0 bridgehead atoms. The smallest absolute Gasteiger partial charge is 0.337 e. The zero-order chi connectivity index (χ0) is 18.3. The van der Waals surface area contributed by atoms with Gasteiger partial charge >= 0.3 is 5.97 Å². The first-order valence-corrected chi connectivity index (χ1v) is 9.82. The lowest BCUT2D eigenvalue weighted by Gasteiger charge is -2.14. The lowest BCUT2D eigenvalue weighted by atomic mass is 9.97. The number of aromatic carboxylic acids is 1. The van der Waals surface area contributed by atoms with E-state index in [-0.39, 0.29) is 10.5 Å². The van der Waals surface area contributed by atoms with Gasteiger partial charge in [-0.3, -0.25) is 0 Å². The molecule has 3 N–H and O–H groups in total. The Labute approximate surface area is 148 Å². The van der Waals surface area contributed by atoms with E-state index in [4.69, 9.17) is 0 Å². The minimum absolute atomic E-state index is 0.0494. The number of carboxylic acids is 1. The van der Waals surface area contributed by atoms with Gasteiger partial charge in [-0.15, -0.1) is 6.58 Å². The fraction of sp³-hybridized carbons (Fsp3) is 0.389. The average Bonchev–Trinajstić information content (AvgIpc) is 2.60. The molecule has 0 saturated heterocycles. The van der Waals surface area contributed by atoms with Crippen molar-refractivity contribution in [1.29, 1.82) is 0 Å². The minimum Gasteiger partial charge on any atom is -0.478 e. The Morgan fingerprint density at radius 2 is 2.12 bits per heavy atom. The second kappa shape index (κ2) is 8.82. The van der Waals surface area contributed by atoms with Gasteiger partial charge in [-0.25, -0.2) is 17.9 Å². The summed E-state index contributed by atoms with van der Waals surface area (Å²) in [6.07, 6.45) is 8.89. The van der Waals surface area contributed by atoms with Crippen LogP contribution < -0.4 is 10.0 Å². The van der Waals surface area contributed by atoms with Crippen molar-refractivity contribution in [2.75, 3.05) is 18.4 Å². The Kier molecular flexibility index (Phi) is 6.78. The molecule has 0 unspecified atom stereocenters. The van der Waals surface area contributed by atoms with Crippen LogP contribution in [0, 0.1) is 0 Å². The number of sulfonamides is 1. The normalized spacial score (nSPS) is 14.6. The van der Waals surface area contributed by atoms with Crippen LogP contribution in [-0.4, -0.2) is 32.6 Å². The summed E-state index contributed by atoms with van der Waals surface area (Å²) in [7, 11) is -3.74. The first kappa shape index (κ1) is 19.2. The molecule has 136 valence electrons. The Morgan fingerprint density at radius 1 is 1.32 bits per heavy atom. The van der Waals surface area contributed by atoms with E-state index in [0.717, 1.165) is 19.3 Å². The Hall–Kier alpha value is -2.12. The van der Waals surface area contributed by atoms with Gasteiger partial charge in [-0.05, 0) is 50.3 Å². The van der Waals surface area contributed by atoms with Crippen molar-refractivity contribution in [3.8, 4) is 0 Å². The summed E-state index contributed by atoms with van der Waals surface area (Å²) in [4.78, 5) is 11.3. The largest absolute Gasteiger partial charge is 0.478 e. The molecule has 0 amide bonds. The van der Waals surface area contributed by atoms with E-state index in [1.54, 1.807) is 6.08 Å². The maximum atomic E-state index is 12.4. The van der Waals surface area contributed by atoms with Crippen LogP contribution in [0.15, 0.2) is 47.4 Å². The van der Waals surface area contributed by atoms with Gasteiger partial charge in [0.2, 0.25) is 10.0 Å². The number of hydrogen-bond donors (Lipinski definition) is 3. The van der Waals surface area contributed by atoms with Crippen LogP contribution in [0.3, 0.4) is 0 Å². The van der Waals surface area contributed by atoms with Gasteiger partial charge in [0.15, 0.2) is 0 Å². The van der Waals surface area contributed by atoms with Crippen molar-refractivity contribution in [3.05, 3.63) is 48.1 Å². The predicted octanol–water partition coefficient (Wildman–Crippen LogP) is 3.15. The van der Waals surface area contributed by atoms with Gasteiger partial charge in [0, 0.05) is 18.8 Å². The average molecular weight is 364 g/mol. The molecule has 0 fully saturated rings. The summed E-state index contributed by atoms with van der Waals surface area (Å²) in [5.74, 6) is -1.18. The van der Waals surface area contributed by atoms with Gasteiger partial charge in [0.1, 0.15) is 0 Å². The Balaban J connectivity index is 2.09. The predicted molar refractivity (Wildman–Crippen MR) is 98.4 cm³/mol. The van der Waals surface area contributed by atoms with Crippen molar-refractivity contribution in [3.63, 3.8) is 0 Å². The third-order valence-corrected chi connectivity index (χ3v) is 5.55. The number of rotatable bonds is 9. The van der Waals surface area contributed by atoms with Crippen molar-refractivity contribution in [2.45, 2.75) is 37.0 Å². The first-order chi connectivity index (χ1) is 11.9. The molecule has 6 nitrogen and oxygen atoms in total. The lowest BCUT2D eigenvalue weighted by Crippen LogP contribution is -2.25. The minimum atomic E-state index is -3.74. The van der Waals surface area contributed by atoms with Gasteiger partial charge in [0.25, 0.3) is 0 Å². The second-order valence-corrected chi connectivity index (χ2v) is 7.71. The lowest BCUT2D eigenvalue weighted by molar-refractivity contribution is 0.0697. The number of hydrogen-bond acceptors (Lipinski definition) is 4. The number of benzene rings is 1. The number of allylic oxidation sites excluding steroid dienone is 1. The Morgan fingerprint density at radius 3 is 2.76 bits per heavy atom. The fourth-order valence-corrected chi connectivity index (χ4v) is 3.82. The molecule has 1 aliphatic carbocycles. The monoisotopic (exact) mass is 364 g/mol. The summed E-state index contributed by atoms with van der Waals surface area (Å²) in [5, 5.41) is 12.2. The van der Waals surface area contributed by atoms with Crippen LogP contribution >= 0.6 is 0 Å². The fourth-order valence-electron chi connectivity index (χ4n) is 2.76. The molecule has 0 aliphatic heterocycles. The molecular formula is C18H24N2O4S. The maximum absolute atomic E-state index is 12.4. The molecule has 0 radical (unpaired) electrons. The summed E-state index contributed by atoms with van der Waals surface area (Å²) >= 11 is 0. The SMILES string of the molecule is C=CCNc1ccc(S(=O)(=O)NCCC2=CCCCC2)cc1C(=O)O. The highest BCUT2D eigenvalue weighted by Crippen LogP contribution is 2.22. The van der Waals surface area contributed by atoms with E-state index in [2.05, 4.69) is 22.7 Å². The second-order valence-electron chi connectivity index (χ2n) is 5.94. The van der Waals surface area contributed by atoms with Crippen molar-refractivity contribution >= 4 is 21.7 Å². The van der Waals surface area contributed by atoms with E-state index in [0.29, 0.717) is 25.2 Å². The van der Waals surface area contributed by atoms with Crippen molar-refractivity contribution in [1.82, 2.24) is 4.72 Å². The number of nitrogens with one attached hydrogen (secondary N) is 2. The molecule has 0 heterocycles. The van der Waals surface area contributed by atoms with Crippen LogP contribution in [0.25, 0.3) is 0 Å². The number of carboxylic acid groups (broad SMARTS) is 1. The first-order valence-electron chi connectivity index (χ1n) is 8.33. The maximum Gasteiger partial charge on any atom is 0.337 e. The third-order valence-electron chi connectivity index (χ3n) is 4.09. The molecule has 0 atom stereocenters. The molecule has 1 aliphatic rings. The van der Waals surface area contributed by atoms with E-state index in [1.807, 2.05) is 0 Å². The molecule has 7 heteroatoms. The zero-order valence-electron chi connectivity index (χ0n) is 14.1. The van der Waals surface area contributed by atoms with Gasteiger partial charge < -0.3 is 10.4 Å². The van der Waals surface area contributed by atoms with Crippen LogP contribution in [0.4, 0.5) is 5.69 Å². The zero-order valence-corrected chi connectivity index (χ0v) is 14.9. The van der Waals surface area contributed by atoms with Gasteiger partial charge in [-0.1, -0.05) is 17.7 Å². The number of anilines is 1. The molecule has 1 aromatic rings. The van der Waals surface area contributed by atoms with E-state index in [1.165, 1.54) is 30.2 Å². The van der Waals surface area contributed by atoms with Crippen LogP contribution in [0.1, 0.15) is 42.5 Å². The standard InChI is InChI=1S/C18H24N2O4S/c1-2-11-19-17-9-8-15(13-16(17)18(21)22)25(23,24)20-12-10-14-6-4-3-5-7-14/h2,6,8-9,13,19-20H,1,3-5,7,10-12H2,(H,21,22). The quantitative estimate of drug-likeness (QED) is 0.585. The molecular weight excluding hydrogens is 340 g/mol. The van der Waals surface area contributed by atoms with Crippen LogP contribution in [-0.2, 0) is 10.0 Å². The molecule has 2 rings (SSSR count). The molecule has 0 saturated carbocycles. The molecule has 25 heavy (non-hydrogen) atoms. The highest BCUT2D eigenvalue weighted by molar-refractivity contribution is 7.89. The van der Waals surface area contributed by atoms with Crippen LogP contribution in [0.2, 0.25) is 0 Å². The van der Waals surface area contributed by atoms with E-state index >= 15 is 0 Å². The van der Waals surface area contributed by atoms with Crippen molar-refractivity contribution in [2.24, 2.45) is 0 Å². The Bertz CT molecular complexity index is 769. The summed E-state index contributed by atoms with van der Waals surface area (Å²) in [5.41, 5.74) is 1.56.